The number of nitrogens with zero attached hydrogens (tertiary/aromatic N) is 1. The maximum Gasteiger partial charge on any atom is 0.277 e. The van der Waals surface area contributed by atoms with Crippen molar-refractivity contribution in [2.75, 3.05) is 6.61 Å². The molecule has 1 N–H and O–H groups in total. The topological polar surface area (TPSA) is 50.7 Å². The molecule has 0 bridgehead atoms. The Bertz CT molecular complexity index is 699. The van der Waals surface area contributed by atoms with E-state index in [0.29, 0.717) is 5.75 Å². The van der Waals surface area contributed by atoms with E-state index >= 15 is 0 Å². The molecule has 4 nitrogen and oxygen atoms in total. The van der Waals surface area contributed by atoms with Gasteiger partial charge in [-0.3, -0.25) is 4.79 Å². The van der Waals surface area contributed by atoms with Crippen molar-refractivity contribution in [3.8, 4) is 5.75 Å². The standard InChI is InChI=1S/C17H16ClFN2O2/c1-2-12-6-3-4-9-16(12)23-11-17(22)21-20-10-13-14(18)7-5-8-15(13)19/h3-10H,2,11H2,1H3,(H,21,22)/b20-10+. The number of rotatable bonds is 6. The van der Waals surface area contributed by atoms with Gasteiger partial charge in [0, 0.05) is 5.56 Å². The van der Waals surface area contributed by atoms with Crippen LogP contribution in [0.5, 0.6) is 5.75 Å². The van der Waals surface area contributed by atoms with Crippen molar-refractivity contribution < 1.29 is 13.9 Å². The van der Waals surface area contributed by atoms with Crippen molar-refractivity contribution in [1.82, 2.24) is 5.43 Å². The van der Waals surface area contributed by atoms with Gasteiger partial charge >= 0.3 is 0 Å². The maximum absolute atomic E-state index is 13.5. The molecule has 0 atom stereocenters. The fourth-order valence-electron chi connectivity index (χ4n) is 1.92. The lowest BCUT2D eigenvalue weighted by molar-refractivity contribution is -0.123. The Morgan fingerprint density at radius 1 is 1.30 bits per heavy atom. The van der Waals surface area contributed by atoms with Crippen molar-refractivity contribution in [1.29, 1.82) is 0 Å². The third-order valence-electron chi connectivity index (χ3n) is 3.09. The third-order valence-corrected chi connectivity index (χ3v) is 3.42. The third kappa shape index (κ3) is 4.79. The lowest BCUT2D eigenvalue weighted by Crippen LogP contribution is -2.24. The zero-order valence-corrected chi connectivity index (χ0v) is 13.3. The zero-order chi connectivity index (χ0) is 16.7. The van der Waals surface area contributed by atoms with Gasteiger partial charge in [0.2, 0.25) is 0 Å². The molecule has 2 rings (SSSR count). The van der Waals surface area contributed by atoms with Crippen molar-refractivity contribution in [3.05, 3.63) is 64.4 Å². The molecule has 0 heterocycles. The molecule has 0 unspecified atom stereocenters. The second kappa shape index (κ2) is 8.29. The molecule has 0 aliphatic heterocycles. The molecule has 2 aromatic rings. The van der Waals surface area contributed by atoms with Crippen molar-refractivity contribution in [3.63, 3.8) is 0 Å². The number of carbonyl (C=O) groups is 1. The van der Waals surface area contributed by atoms with E-state index in [1.165, 1.54) is 12.1 Å². The van der Waals surface area contributed by atoms with Gasteiger partial charge in [0.1, 0.15) is 11.6 Å². The number of hydrazone groups is 1. The molecule has 0 saturated heterocycles. The average molecular weight is 335 g/mol. The molecule has 0 radical (unpaired) electrons. The lowest BCUT2D eigenvalue weighted by Gasteiger charge is -2.09. The van der Waals surface area contributed by atoms with Gasteiger partial charge in [-0.1, -0.05) is 42.8 Å². The molecule has 1 amide bonds. The van der Waals surface area contributed by atoms with E-state index in [-0.39, 0.29) is 17.2 Å². The molecular weight excluding hydrogens is 319 g/mol. The first-order valence-corrected chi connectivity index (χ1v) is 7.46. The van der Waals surface area contributed by atoms with Gasteiger partial charge in [0.05, 0.1) is 11.2 Å². The SMILES string of the molecule is CCc1ccccc1OCC(=O)N/N=C/c1c(F)cccc1Cl. The average Bonchev–Trinajstić information content (AvgIpc) is 2.56. The number of para-hydroxylation sites is 1. The molecule has 0 saturated carbocycles. The summed E-state index contributed by atoms with van der Waals surface area (Å²) >= 11 is 5.85. The van der Waals surface area contributed by atoms with Crippen molar-refractivity contribution >= 4 is 23.7 Å². The van der Waals surface area contributed by atoms with E-state index in [0.717, 1.165) is 18.2 Å². The Hall–Kier alpha value is -2.40. The predicted octanol–water partition coefficient (Wildman–Crippen LogP) is 3.57. The highest BCUT2D eigenvalue weighted by atomic mass is 35.5. The molecule has 0 aromatic heterocycles. The lowest BCUT2D eigenvalue weighted by atomic mass is 10.1. The van der Waals surface area contributed by atoms with Gasteiger partial charge in [0.15, 0.2) is 6.61 Å². The van der Waals surface area contributed by atoms with Crippen LogP contribution >= 0.6 is 11.6 Å². The summed E-state index contributed by atoms with van der Waals surface area (Å²) < 4.78 is 19.0. The van der Waals surface area contributed by atoms with Gasteiger partial charge < -0.3 is 4.74 Å². The van der Waals surface area contributed by atoms with Crippen LogP contribution in [-0.2, 0) is 11.2 Å². The Balaban J connectivity index is 1.89. The van der Waals surface area contributed by atoms with Gasteiger partial charge in [-0.2, -0.15) is 5.10 Å². The highest BCUT2D eigenvalue weighted by Gasteiger charge is 2.06. The number of aryl methyl sites for hydroxylation is 1. The van der Waals surface area contributed by atoms with Gasteiger partial charge in [-0.25, -0.2) is 9.82 Å². The number of hydrogen-bond donors (Lipinski definition) is 1. The first-order chi connectivity index (χ1) is 11.1. The smallest absolute Gasteiger partial charge is 0.277 e. The van der Waals surface area contributed by atoms with Crippen molar-refractivity contribution in [2.45, 2.75) is 13.3 Å². The predicted molar refractivity (Wildman–Crippen MR) is 88.5 cm³/mol. The minimum absolute atomic E-state index is 0.117. The van der Waals surface area contributed by atoms with Crippen LogP contribution < -0.4 is 10.2 Å². The zero-order valence-electron chi connectivity index (χ0n) is 12.6. The summed E-state index contributed by atoms with van der Waals surface area (Å²) in [5.74, 6) is -0.297. The number of benzene rings is 2. The van der Waals surface area contributed by atoms with Gasteiger partial charge in [-0.15, -0.1) is 0 Å². The molecule has 0 fully saturated rings. The molecule has 23 heavy (non-hydrogen) atoms. The Labute approximate surface area is 138 Å². The molecule has 0 spiro atoms. The minimum Gasteiger partial charge on any atom is -0.483 e. The Morgan fingerprint density at radius 3 is 2.83 bits per heavy atom. The van der Waals surface area contributed by atoms with Crippen LogP contribution in [0, 0.1) is 5.82 Å². The summed E-state index contributed by atoms with van der Waals surface area (Å²) in [6.45, 7) is 1.82. The van der Waals surface area contributed by atoms with Crippen LogP contribution in [0.25, 0.3) is 0 Å². The van der Waals surface area contributed by atoms with Gasteiger partial charge in [-0.05, 0) is 30.2 Å². The number of halogens is 2. The minimum atomic E-state index is -0.511. The first kappa shape index (κ1) is 17.0. The van der Waals surface area contributed by atoms with Crippen LogP contribution in [0.3, 0.4) is 0 Å². The molecule has 0 aliphatic carbocycles. The fraction of sp³-hybridized carbons (Fsp3) is 0.176. The number of amides is 1. The van der Waals surface area contributed by atoms with Crippen LogP contribution in [0.4, 0.5) is 4.39 Å². The highest BCUT2D eigenvalue weighted by Crippen LogP contribution is 2.18. The number of hydrogen-bond acceptors (Lipinski definition) is 3. The van der Waals surface area contributed by atoms with Crippen molar-refractivity contribution in [2.24, 2.45) is 5.10 Å². The summed E-state index contributed by atoms with van der Waals surface area (Å²) in [6.07, 6.45) is 1.97. The first-order valence-electron chi connectivity index (χ1n) is 7.08. The van der Waals surface area contributed by atoms with E-state index in [1.807, 2.05) is 25.1 Å². The second-order valence-electron chi connectivity index (χ2n) is 4.68. The molecular formula is C17H16ClFN2O2. The number of ether oxygens (including phenoxy) is 1. The van der Waals surface area contributed by atoms with Crippen LogP contribution in [-0.4, -0.2) is 18.7 Å². The molecule has 0 aliphatic rings. The number of carbonyl (C=O) groups excluding carboxylic acids is 1. The highest BCUT2D eigenvalue weighted by molar-refractivity contribution is 6.33. The number of nitrogens with one attached hydrogen (secondary N) is 1. The Kier molecular flexibility index (Phi) is 6.11. The largest absolute Gasteiger partial charge is 0.483 e. The van der Waals surface area contributed by atoms with Crippen LogP contribution in [0.15, 0.2) is 47.6 Å². The van der Waals surface area contributed by atoms with Gasteiger partial charge in [0.25, 0.3) is 5.91 Å². The van der Waals surface area contributed by atoms with E-state index < -0.39 is 11.7 Å². The monoisotopic (exact) mass is 334 g/mol. The van der Waals surface area contributed by atoms with Crippen LogP contribution in [0.1, 0.15) is 18.1 Å². The normalized spacial score (nSPS) is 10.7. The fourth-order valence-corrected chi connectivity index (χ4v) is 2.13. The summed E-state index contributed by atoms with van der Waals surface area (Å²) in [5.41, 5.74) is 3.41. The second-order valence-corrected chi connectivity index (χ2v) is 5.09. The van der Waals surface area contributed by atoms with Crippen LogP contribution in [0.2, 0.25) is 5.02 Å². The summed E-state index contributed by atoms with van der Waals surface area (Å²) in [6, 6.07) is 11.8. The molecule has 6 heteroatoms. The van der Waals surface area contributed by atoms with E-state index in [9.17, 15) is 9.18 Å². The summed E-state index contributed by atoms with van der Waals surface area (Å²) in [7, 11) is 0. The summed E-state index contributed by atoms with van der Waals surface area (Å²) in [5, 5.41) is 3.91. The molecule has 2 aromatic carbocycles. The van der Waals surface area contributed by atoms with E-state index in [2.05, 4.69) is 10.5 Å². The summed E-state index contributed by atoms with van der Waals surface area (Å²) in [4.78, 5) is 11.7. The Morgan fingerprint density at radius 2 is 2.09 bits per heavy atom. The van der Waals surface area contributed by atoms with E-state index in [4.69, 9.17) is 16.3 Å². The maximum atomic E-state index is 13.5. The molecule has 120 valence electrons. The quantitative estimate of drug-likeness (QED) is 0.648. The van der Waals surface area contributed by atoms with E-state index in [1.54, 1.807) is 12.1 Å².